The van der Waals surface area contributed by atoms with Crippen LogP contribution in [0.15, 0.2) is 64.6 Å². The first-order chi connectivity index (χ1) is 12.8. The number of ether oxygens (including phenoxy) is 1. The van der Waals surface area contributed by atoms with Crippen LogP contribution in [0.3, 0.4) is 0 Å². The van der Waals surface area contributed by atoms with E-state index in [1.54, 1.807) is 6.08 Å². The smallest absolute Gasteiger partial charge is 0.330 e. The Bertz CT molecular complexity index is 844. The van der Waals surface area contributed by atoms with Crippen LogP contribution in [0.25, 0.3) is 6.08 Å². The van der Waals surface area contributed by atoms with Crippen molar-refractivity contribution in [2.45, 2.75) is 12.8 Å². The summed E-state index contributed by atoms with van der Waals surface area (Å²) in [7, 11) is 1.35. The molecule has 0 unspecified atom stereocenters. The van der Waals surface area contributed by atoms with Gasteiger partial charge in [0.2, 0.25) is 0 Å². The lowest BCUT2D eigenvalue weighted by Crippen LogP contribution is -2.17. The SMILES string of the molecule is COC(=O)/C=C/c1ccccc1N=C=Nc1ccc(N2CCCC2)cc1. The molecule has 1 saturated heterocycles. The zero-order chi connectivity index (χ0) is 18.2. The van der Waals surface area contributed by atoms with Gasteiger partial charge < -0.3 is 9.64 Å². The minimum Gasteiger partial charge on any atom is -0.466 e. The molecule has 0 atom stereocenters. The number of aliphatic imine (C=N–C) groups is 2. The quantitative estimate of drug-likeness (QED) is 0.451. The third kappa shape index (κ3) is 4.68. The number of para-hydroxylation sites is 1. The molecular weight excluding hydrogens is 326 g/mol. The Balaban J connectivity index is 1.73. The Morgan fingerprint density at radius 2 is 1.81 bits per heavy atom. The van der Waals surface area contributed by atoms with E-state index in [-0.39, 0.29) is 0 Å². The topological polar surface area (TPSA) is 54.3 Å². The van der Waals surface area contributed by atoms with Gasteiger partial charge >= 0.3 is 5.97 Å². The van der Waals surface area contributed by atoms with E-state index in [0.717, 1.165) is 24.3 Å². The van der Waals surface area contributed by atoms with E-state index in [9.17, 15) is 4.79 Å². The molecule has 0 bridgehead atoms. The molecule has 1 heterocycles. The molecule has 0 radical (unpaired) electrons. The first kappa shape index (κ1) is 17.6. The van der Waals surface area contributed by atoms with Gasteiger partial charge in [-0.05, 0) is 49.2 Å². The highest BCUT2D eigenvalue weighted by molar-refractivity contribution is 5.88. The average Bonchev–Trinajstić information content (AvgIpc) is 3.22. The van der Waals surface area contributed by atoms with Crippen LogP contribution in [0, 0.1) is 0 Å². The van der Waals surface area contributed by atoms with Crippen molar-refractivity contribution >= 4 is 35.1 Å². The summed E-state index contributed by atoms with van der Waals surface area (Å²) in [5.74, 6) is -0.407. The molecule has 26 heavy (non-hydrogen) atoms. The normalized spacial score (nSPS) is 13.5. The first-order valence-corrected chi connectivity index (χ1v) is 8.63. The lowest BCUT2D eigenvalue weighted by molar-refractivity contribution is -0.134. The molecule has 0 spiro atoms. The Morgan fingerprint density at radius 1 is 1.08 bits per heavy atom. The molecule has 132 valence electrons. The van der Waals surface area contributed by atoms with Crippen LogP contribution in [0.5, 0.6) is 0 Å². The van der Waals surface area contributed by atoms with E-state index >= 15 is 0 Å². The second kappa shape index (κ2) is 8.79. The summed E-state index contributed by atoms with van der Waals surface area (Å²) in [4.78, 5) is 22.2. The Morgan fingerprint density at radius 3 is 2.54 bits per heavy atom. The highest BCUT2D eigenvalue weighted by Gasteiger charge is 2.11. The minimum atomic E-state index is -0.407. The van der Waals surface area contributed by atoms with Crippen LogP contribution >= 0.6 is 0 Å². The predicted octanol–water partition coefficient (Wildman–Crippen LogP) is 4.61. The Labute approximate surface area is 153 Å². The second-order valence-corrected chi connectivity index (χ2v) is 5.95. The molecule has 0 N–H and O–H groups in total. The van der Waals surface area contributed by atoms with E-state index in [1.807, 2.05) is 36.4 Å². The van der Waals surface area contributed by atoms with Gasteiger partial charge in [-0.2, -0.15) is 9.98 Å². The van der Waals surface area contributed by atoms with Crippen LogP contribution in [-0.2, 0) is 9.53 Å². The Hall–Kier alpha value is -3.17. The number of carbonyl (C=O) groups excluding carboxylic acids is 1. The number of hydrogen-bond donors (Lipinski definition) is 0. The fourth-order valence-corrected chi connectivity index (χ4v) is 2.81. The molecule has 1 aliphatic rings. The molecule has 5 nitrogen and oxygen atoms in total. The number of nitrogens with zero attached hydrogens (tertiary/aromatic N) is 3. The molecule has 1 aliphatic heterocycles. The van der Waals surface area contributed by atoms with Crippen LogP contribution in [0.1, 0.15) is 18.4 Å². The number of methoxy groups -OCH3 is 1. The maximum Gasteiger partial charge on any atom is 0.330 e. The molecule has 0 aromatic heterocycles. The van der Waals surface area contributed by atoms with E-state index in [2.05, 4.69) is 37.8 Å². The van der Waals surface area contributed by atoms with E-state index in [1.165, 1.54) is 31.7 Å². The van der Waals surface area contributed by atoms with Crippen LogP contribution in [0.2, 0.25) is 0 Å². The summed E-state index contributed by atoms with van der Waals surface area (Å²) in [6, 6.07) is 18.3. The molecule has 0 amide bonds. The van der Waals surface area contributed by atoms with Crippen LogP contribution in [0.4, 0.5) is 17.1 Å². The summed E-state index contributed by atoms with van der Waals surface area (Å²) >= 11 is 0. The number of benzene rings is 2. The fraction of sp³-hybridized carbons (Fsp3) is 0.238. The lowest BCUT2D eigenvalue weighted by Gasteiger charge is -2.17. The average molecular weight is 347 g/mol. The molecule has 5 heteroatoms. The van der Waals surface area contributed by atoms with Crippen molar-refractivity contribution < 1.29 is 9.53 Å². The largest absolute Gasteiger partial charge is 0.466 e. The summed E-state index contributed by atoms with van der Waals surface area (Å²) in [6.07, 6.45) is 5.55. The second-order valence-electron chi connectivity index (χ2n) is 5.95. The van der Waals surface area contributed by atoms with Crippen molar-refractivity contribution in [3.05, 3.63) is 60.2 Å². The number of esters is 1. The highest BCUT2D eigenvalue weighted by atomic mass is 16.5. The van der Waals surface area contributed by atoms with Gasteiger partial charge in [-0.1, -0.05) is 18.2 Å². The summed E-state index contributed by atoms with van der Waals surface area (Å²) in [5, 5.41) is 0. The van der Waals surface area contributed by atoms with Gasteiger partial charge in [-0.15, -0.1) is 0 Å². The Kier molecular flexibility index (Phi) is 5.96. The van der Waals surface area contributed by atoms with Crippen molar-refractivity contribution in [3.63, 3.8) is 0 Å². The van der Waals surface area contributed by atoms with Gasteiger partial charge in [0.25, 0.3) is 0 Å². The van der Waals surface area contributed by atoms with E-state index in [0.29, 0.717) is 5.69 Å². The molecule has 0 saturated carbocycles. The van der Waals surface area contributed by atoms with Crippen molar-refractivity contribution in [1.82, 2.24) is 0 Å². The molecule has 2 aromatic carbocycles. The van der Waals surface area contributed by atoms with Gasteiger partial charge in [0.05, 0.1) is 18.5 Å². The fourth-order valence-electron chi connectivity index (χ4n) is 2.81. The number of hydrogen-bond acceptors (Lipinski definition) is 5. The summed E-state index contributed by atoms with van der Waals surface area (Å²) in [6.45, 7) is 2.25. The molecule has 3 rings (SSSR count). The van der Waals surface area contributed by atoms with Gasteiger partial charge in [0.15, 0.2) is 0 Å². The van der Waals surface area contributed by atoms with Crippen molar-refractivity contribution in [2.24, 2.45) is 9.98 Å². The monoisotopic (exact) mass is 347 g/mol. The molecular formula is C21H21N3O2. The van der Waals surface area contributed by atoms with Crippen molar-refractivity contribution in [1.29, 1.82) is 0 Å². The van der Waals surface area contributed by atoms with Gasteiger partial charge in [0.1, 0.15) is 6.01 Å². The number of rotatable bonds is 5. The van der Waals surface area contributed by atoms with Gasteiger partial charge in [-0.25, -0.2) is 4.79 Å². The first-order valence-electron chi connectivity index (χ1n) is 8.63. The summed E-state index contributed by atoms with van der Waals surface area (Å²) in [5.41, 5.74) is 3.52. The van der Waals surface area contributed by atoms with E-state index in [4.69, 9.17) is 0 Å². The zero-order valence-corrected chi connectivity index (χ0v) is 14.8. The van der Waals surface area contributed by atoms with Crippen LogP contribution < -0.4 is 4.90 Å². The standard InChI is InChI=1S/C21H21N3O2/c1-26-21(25)13-8-17-6-2-3-7-20(17)23-16-22-18-9-11-19(12-10-18)24-14-4-5-15-24/h2-3,6-13H,4-5,14-15H2,1H3/b13-8+. The maximum atomic E-state index is 11.2. The van der Waals surface area contributed by atoms with Crippen LogP contribution in [-0.4, -0.2) is 32.2 Å². The molecule has 1 fully saturated rings. The minimum absolute atomic E-state index is 0.407. The third-order valence-corrected chi connectivity index (χ3v) is 4.21. The lowest BCUT2D eigenvalue weighted by atomic mass is 10.1. The maximum absolute atomic E-state index is 11.2. The third-order valence-electron chi connectivity index (χ3n) is 4.21. The van der Waals surface area contributed by atoms with Gasteiger partial charge in [-0.3, -0.25) is 0 Å². The highest BCUT2D eigenvalue weighted by Crippen LogP contribution is 2.23. The number of carbonyl (C=O) groups is 1. The predicted molar refractivity (Wildman–Crippen MR) is 105 cm³/mol. The van der Waals surface area contributed by atoms with E-state index < -0.39 is 5.97 Å². The molecule has 0 aliphatic carbocycles. The zero-order valence-electron chi connectivity index (χ0n) is 14.8. The van der Waals surface area contributed by atoms with Gasteiger partial charge in [0, 0.05) is 30.4 Å². The molecule has 2 aromatic rings. The van der Waals surface area contributed by atoms with Crippen molar-refractivity contribution in [3.8, 4) is 0 Å². The number of anilines is 1. The van der Waals surface area contributed by atoms with Crippen molar-refractivity contribution in [2.75, 3.05) is 25.1 Å². The summed E-state index contributed by atoms with van der Waals surface area (Å²) < 4.78 is 4.60.